The molecule has 0 atom stereocenters. The predicted octanol–water partition coefficient (Wildman–Crippen LogP) is 3.64. The molecule has 1 N–H and O–H groups in total. The summed E-state index contributed by atoms with van der Waals surface area (Å²) in [6.07, 6.45) is -2.86. The van der Waals surface area contributed by atoms with Crippen molar-refractivity contribution in [1.29, 1.82) is 0 Å². The van der Waals surface area contributed by atoms with Crippen LogP contribution in [0.25, 0.3) is 10.9 Å². The zero-order valence-electron chi connectivity index (χ0n) is 19.1. The number of fused-ring (bicyclic) bond motifs is 1. The number of aliphatic hydroxyl groups is 1. The predicted molar refractivity (Wildman–Crippen MR) is 125 cm³/mol. The Morgan fingerprint density at radius 1 is 1.06 bits per heavy atom. The Hall–Kier alpha value is -2.89. The van der Waals surface area contributed by atoms with Crippen molar-refractivity contribution in [3.8, 4) is 5.75 Å². The summed E-state index contributed by atoms with van der Waals surface area (Å²) in [4.78, 5) is 8.15. The van der Waals surface area contributed by atoms with E-state index in [9.17, 15) is 26.7 Å². The third-order valence-corrected chi connectivity index (χ3v) is 7.82. The molecule has 0 bridgehead atoms. The molecule has 1 aromatic heterocycles. The van der Waals surface area contributed by atoms with Gasteiger partial charge in [0.1, 0.15) is 10.6 Å². The van der Waals surface area contributed by atoms with Crippen LogP contribution in [-0.4, -0.2) is 69.1 Å². The van der Waals surface area contributed by atoms with E-state index >= 15 is 0 Å². The lowest BCUT2D eigenvalue weighted by Crippen LogP contribution is -2.47. The first-order valence-corrected chi connectivity index (χ1v) is 12.7. The number of hydrogen-bond donors (Lipinski definition) is 1. The third-order valence-electron chi connectivity index (χ3n) is 6.05. The number of halogens is 3. The van der Waals surface area contributed by atoms with Crippen molar-refractivity contribution in [3.05, 3.63) is 54.2 Å². The molecule has 3 aromatic rings. The SMILES string of the molecule is CCc1ccc(S(=O)(=O)c2cnc3ccc(OC(F)(F)F)cc3c2N2CCN(CCO)CC2)cc1. The van der Waals surface area contributed by atoms with Crippen LogP contribution in [0.3, 0.4) is 0 Å². The van der Waals surface area contributed by atoms with Crippen LogP contribution >= 0.6 is 0 Å². The number of nitrogens with zero attached hydrogens (tertiary/aromatic N) is 3. The smallest absolute Gasteiger partial charge is 0.406 e. The van der Waals surface area contributed by atoms with Crippen LogP contribution in [-0.2, 0) is 16.3 Å². The molecule has 0 unspecified atom stereocenters. The van der Waals surface area contributed by atoms with Gasteiger partial charge in [-0.05, 0) is 42.3 Å². The summed E-state index contributed by atoms with van der Waals surface area (Å²) in [5, 5.41) is 9.49. The second kappa shape index (κ2) is 10.00. The molecular weight excluding hydrogens is 483 g/mol. The fourth-order valence-corrected chi connectivity index (χ4v) is 5.66. The number of benzene rings is 2. The molecule has 11 heteroatoms. The molecular formula is C24H26F3N3O4S. The maximum absolute atomic E-state index is 13.7. The van der Waals surface area contributed by atoms with Gasteiger partial charge in [0.05, 0.1) is 22.7 Å². The Morgan fingerprint density at radius 2 is 1.74 bits per heavy atom. The number of anilines is 1. The van der Waals surface area contributed by atoms with E-state index in [1.165, 1.54) is 30.5 Å². The van der Waals surface area contributed by atoms with E-state index < -0.39 is 21.9 Å². The summed E-state index contributed by atoms with van der Waals surface area (Å²) >= 11 is 0. The maximum atomic E-state index is 13.7. The molecule has 1 aliphatic rings. The van der Waals surface area contributed by atoms with Gasteiger partial charge < -0.3 is 14.7 Å². The van der Waals surface area contributed by atoms with Crippen molar-refractivity contribution in [2.24, 2.45) is 0 Å². The lowest BCUT2D eigenvalue weighted by atomic mass is 10.1. The molecule has 2 aromatic carbocycles. The van der Waals surface area contributed by atoms with Gasteiger partial charge in [0.15, 0.2) is 0 Å². The average molecular weight is 510 g/mol. The minimum atomic E-state index is -4.89. The molecule has 1 aliphatic heterocycles. The largest absolute Gasteiger partial charge is 0.573 e. The number of piperazine rings is 1. The Balaban J connectivity index is 1.86. The van der Waals surface area contributed by atoms with Gasteiger partial charge in [-0.1, -0.05) is 19.1 Å². The van der Waals surface area contributed by atoms with E-state index in [1.54, 1.807) is 12.1 Å². The summed E-state index contributed by atoms with van der Waals surface area (Å²) in [6, 6.07) is 10.3. The monoisotopic (exact) mass is 509 g/mol. The van der Waals surface area contributed by atoms with Crippen LogP contribution in [0.4, 0.5) is 18.9 Å². The lowest BCUT2D eigenvalue weighted by Gasteiger charge is -2.37. The molecule has 1 saturated heterocycles. The van der Waals surface area contributed by atoms with Gasteiger partial charge >= 0.3 is 6.36 Å². The third kappa shape index (κ3) is 5.52. The van der Waals surface area contributed by atoms with Gasteiger partial charge in [0.2, 0.25) is 9.84 Å². The Bertz CT molecular complexity index is 1290. The second-order valence-corrected chi connectivity index (χ2v) is 10.2. The number of sulfone groups is 1. The van der Waals surface area contributed by atoms with Crippen LogP contribution in [0, 0.1) is 0 Å². The number of aromatic nitrogens is 1. The van der Waals surface area contributed by atoms with Crippen molar-refractivity contribution in [2.75, 3.05) is 44.2 Å². The van der Waals surface area contributed by atoms with Crippen LogP contribution in [0.1, 0.15) is 12.5 Å². The zero-order chi connectivity index (χ0) is 25.2. The highest BCUT2D eigenvalue weighted by Crippen LogP contribution is 2.38. The van der Waals surface area contributed by atoms with E-state index in [4.69, 9.17) is 0 Å². The molecule has 188 valence electrons. The van der Waals surface area contributed by atoms with Crippen molar-refractivity contribution in [1.82, 2.24) is 9.88 Å². The highest BCUT2D eigenvalue weighted by Gasteiger charge is 2.32. The molecule has 0 aliphatic carbocycles. The number of rotatable bonds is 7. The van der Waals surface area contributed by atoms with Crippen LogP contribution in [0.15, 0.2) is 58.5 Å². The number of aryl methyl sites for hydroxylation is 1. The zero-order valence-corrected chi connectivity index (χ0v) is 19.9. The van der Waals surface area contributed by atoms with E-state index in [1.807, 2.05) is 16.7 Å². The minimum Gasteiger partial charge on any atom is -0.406 e. The first-order chi connectivity index (χ1) is 16.6. The second-order valence-electron chi connectivity index (χ2n) is 8.25. The number of aliphatic hydroxyl groups excluding tert-OH is 1. The van der Waals surface area contributed by atoms with Crippen LogP contribution in [0.2, 0.25) is 0 Å². The van der Waals surface area contributed by atoms with Gasteiger partial charge in [0.25, 0.3) is 0 Å². The van der Waals surface area contributed by atoms with E-state index in [0.29, 0.717) is 43.9 Å². The summed E-state index contributed by atoms with van der Waals surface area (Å²) in [7, 11) is -4.03. The van der Waals surface area contributed by atoms with E-state index in [-0.39, 0.29) is 21.8 Å². The molecule has 4 rings (SSSR count). The number of pyridine rings is 1. The Kier molecular flexibility index (Phi) is 7.20. The molecule has 7 nitrogen and oxygen atoms in total. The maximum Gasteiger partial charge on any atom is 0.573 e. The van der Waals surface area contributed by atoms with Gasteiger partial charge in [-0.2, -0.15) is 0 Å². The minimum absolute atomic E-state index is 0.00368. The van der Waals surface area contributed by atoms with Crippen LogP contribution in [0.5, 0.6) is 5.75 Å². The van der Waals surface area contributed by atoms with Crippen molar-refractivity contribution < 1.29 is 31.4 Å². The number of ether oxygens (including phenoxy) is 1. The van der Waals surface area contributed by atoms with Crippen molar-refractivity contribution in [3.63, 3.8) is 0 Å². The molecule has 1 fully saturated rings. The average Bonchev–Trinajstić information content (AvgIpc) is 2.83. The van der Waals surface area contributed by atoms with E-state index in [2.05, 4.69) is 9.72 Å². The Labute approximate surface area is 201 Å². The summed E-state index contributed by atoms with van der Waals surface area (Å²) in [6.45, 7) is 4.45. The topological polar surface area (TPSA) is 83.0 Å². The van der Waals surface area contributed by atoms with Gasteiger partial charge in [-0.15, -0.1) is 13.2 Å². The molecule has 2 heterocycles. The molecule has 0 amide bonds. The molecule has 0 saturated carbocycles. The number of alkyl halides is 3. The summed E-state index contributed by atoms with van der Waals surface area (Å²) < 4.78 is 70.2. The first-order valence-electron chi connectivity index (χ1n) is 11.2. The van der Waals surface area contributed by atoms with Gasteiger partial charge in [-0.25, -0.2) is 8.42 Å². The normalized spacial score (nSPS) is 15.5. The van der Waals surface area contributed by atoms with Gasteiger partial charge in [0, 0.05) is 44.3 Å². The molecule has 0 spiro atoms. The fraction of sp³-hybridized carbons (Fsp3) is 0.375. The van der Waals surface area contributed by atoms with Crippen LogP contribution < -0.4 is 9.64 Å². The number of hydrogen-bond acceptors (Lipinski definition) is 7. The Morgan fingerprint density at radius 3 is 2.34 bits per heavy atom. The van der Waals surface area contributed by atoms with Crippen molar-refractivity contribution >= 4 is 26.4 Å². The van der Waals surface area contributed by atoms with E-state index in [0.717, 1.165) is 18.1 Å². The van der Waals surface area contributed by atoms with Gasteiger partial charge in [-0.3, -0.25) is 9.88 Å². The fourth-order valence-electron chi connectivity index (χ4n) is 4.23. The number of β-amino-alcohol motifs (C(OH)–C–C–N with tert-alkyl or cyclic N) is 1. The quantitative estimate of drug-likeness (QED) is 0.521. The standard InChI is InChI=1S/C24H26F3N3O4S/c1-2-17-3-6-19(7-4-17)35(32,33)22-16-28-21-8-5-18(34-24(25,26)27)15-20(21)23(22)30-11-9-29(10-12-30)13-14-31/h3-8,15-16,31H,2,9-14H2,1H3. The summed E-state index contributed by atoms with van der Waals surface area (Å²) in [5.41, 5.74) is 1.63. The molecule has 0 radical (unpaired) electrons. The molecule has 35 heavy (non-hydrogen) atoms. The summed E-state index contributed by atoms with van der Waals surface area (Å²) in [5.74, 6) is -0.450. The first kappa shape index (κ1) is 25.2. The highest BCUT2D eigenvalue weighted by molar-refractivity contribution is 7.91. The lowest BCUT2D eigenvalue weighted by molar-refractivity contribution is -0.274. The van der Waals surface area contributed by atoms with Crippen molar-refractivity contribution in [2.45, 2.75) is 29.5 Å². The highest BCUT2D eigenvalue weighted by atomic mass is 32.2.